The quantitative estimate of drug-likeness (QED) is 0.743. The van der Waals surface area contributed by atoms with Crippen LogP contribution in [0.4, 0.5) is 5.69 Å². The maximum atomic E-state index is 12.2. The summed E-state index contributed by atoms with van der Waals surface area (Å²) in [6.45, 7) is 1.80. The number of nitrogens with zero attached hydrogens (tertiary/aromatic N) is 1. The van der Waals surface area contributed by atoms with E-state index >= 15 is 0 Å². The average molecular weight is 233 g/mol. The van der Waals surface area contributed by atoms with Gasteiger partial charge in [-0.15, -0.1) is 0 Å². The van der Waals surface area contributed by atoms with Crippen molar-refractivity contribution in [1.82, 2.24) is 0 Å². The molecule has 90 valence electrons. The van der Waals surface area contributed by atoms with Crippen LogP contribution in [0.15, 0.2) is 18.2 Å². The van der Waals surface area contributed by atoms with Crippen molar-refractivity contribution < 1.29 is 14.3 Å². The lowest BCUT2D eigenvalue weighted by molar-refractivity contribution is -0.124. The zero-order valence-electron chi connectivity index (χ0n) is 10.2. The van der Waals surface area contributed by atoms with Crippen LogP contribution in [-0.4, -0.2) is 26.4 Å². The predicted octanol–water partition coefficient (Wildman–Crippen LogP) is 1.52. The molecule has 0 aromatic heterocycles. The highest BCUT2D eigenvalue weighted by molar-refractivity contribution is 6.08. The molecule has 17 heavy (non-hydrogen) atoms. The molecule has 1 atom stereocenters. The van der Waals surface area contributed by atoms with Crippen molar-refractivity contribution >= 4 is 17.9 Å². The van der Waals surface area contributed by atoms with Gasteiger partial charge in [-0.25, -0.2) is 0 Å². The molecule has 4 heteroatoms. The minimum atomic E-state index is -0.764. The first-order chi connectivity index (χ1) is 8.04. The summed E-state index contributed by atoms with van der Waals surface area (Å²) in [5.41, 5.74) is 0.942. The number of rotatable bonds is 3. The number of anilines is 1. The van der Waals surface area contributed by atoms with E-state index in [1.54, 1.807) is 26.0 Å². The molecule has 0 radical (unpaired) electrons. The van der Waals surface area contributed by atoms with Gasteiger partial charge in [0, 0.05) is 19.2 Å². The van der Waals surface area contributed by atoms with Crippen molar-refractivity contribution in [3.8, 4) is 5.75 Å². The van der Waals surface area contributed by atoms with E-state index in [1.807, 2.05) is 18.2 Å². The summed E-state index contributed by atoms with van der Waals surface area (Å²) in [4.78, 5) is 24.6. The summed E-state index contributed by atoms with van der Waals surface area (Å²) in [7, 11) is 3.31. The van der Waals surface area contributed by atoms with Crippen molar-refractivity contribution in [2.24, 2.45) is 0 Å². The molecular formula is C13H15NO3. The van der Waals surface area contributed by atoms with Crippen LogP contribution in [0.5, 0.6) is 5.75 Å². The van der Waals surface area contributed by atoms with Crippen molar-refractivity contribution in [3.63, 3.8) is 0 Å². The topological polar surface area (TPSA) is 46.6 Å². The number of ether oxygens (including phenoxy) is 1. The number of fused-ring (bicyclic) bond motifs is 1. The summed E-state index contributed by atoms with van der Waals surface area (Å²) in [6.07, 6.45) is 0.983. The van der Waals surface area contributed by atoms with Gasteiger partial charge in [-0.2, -0.15) is 0 Å². The second-order valence-corrected chi connectivity index (χ2v) is 4.45. The van der Waals surface area contributed by atoms with Gasteiger partial charge in [-0.05, 0) is 30.7 Å². The minimum absolute atomic E-state index is 0.0483. The highest BCUT2D eigenvalue weighted by Gasteiger charge is 2.45. The van der Waals surface area contributed by atoms with E-state index in [4.69, 9.17) is 4.74 Å². The third-order valence-corrected chi connectivity index (χ3v) is 3.43. The maximum Gasteiger partial charge on any atom is 0.237 e. The van der Waals surface area contributed by atoms with Crippen LogP contribution in [0.3, 0.4) is 0 Å². The van der Waals surface area contributed by atoms with Gasteiger partial charge in [0.25, 0.3) is 0 Å². The molecule has 0 fully saturated rings. The molecule has 1 amide bonds. The highest BCUT2D eigenvalue weighted by atomic mass is 16.5. The summed E-state index contributed by atoms with van der Waals surface area (Å²) in [5, 5.41) is 0. The Morgan fingerprint density at radius 1 is 1.47 bits per heavy atom. The number of carbonyl (C=O) groups excluding carboxylic acids is 2. The van der Waals surface area contributed by atoms with E-state index in [-0.39, 0.29) is 12.3 Å². The molecule has 0 spiro atoms. The number of methoxy groups -OCH3 is 1. The number of hydrogen-bond donors (Lipinski definition) is 0. The van der Waals surface area contributed by atoms with Gasteiger partial charge in [-0.3, -0.25) is 4.79 Å². The van der Waals surface area contributed by atoms with Crippen LogP contribution in [-0.2, 0) is 15.0 Å². The fourth-order valence-electron chi connectivity index (χ4n) is 2.34. The van der Waals surface area contributed by atoms with Crippen molar-refractivity contribution in [2.45, 2.75) is 18.8 Å². The van der Waals surface area contributed by atoms with E-state index in [2.05, 4.69) is 0 Å². The van der Waals surface area contributed by atoms with Crippen LogP contribution in [0, 0.1) is 0 Å². The van der Waals surface area contributed by atoms with Crippen LogP contribution in [0.1, 0.15) is 18.9 Å². The lowest BCUT2D eigenvalue weighted by Crippen LogP contribution is -2.36. The van der Waals surface area contributed by atoms with Crippen LogP contribution >= 0.6 is 0 Å². The standard InChI is InChI=1S/C13H15NO3/c1-13(6-7-15)10-8-9(17-3)4-5-11(10)14(2)12(13)16/h4-5,7-8H,6H2,1-3H3. The largest absolute Gasteiger partial charge is 0.497 e. The Balaban J connectivity index is 2.60. The van der Waals surface area contributed by atoms with Gasteiger partial charge < -0.3 is 14.4 Å². The van der Waals surface area contributed by atoms with Crippen LogP contribution < -0.4 is 9.64 Å². The van der Waals surface area contributed by atoms with Gasteiger partial charge in [-0.1, -0.05) is 0 Å². The summed E-state index contributed by atoms with van der Waals surface area (Å²) in [6, 6.07) is 5.50. The Morgan fingerprint density at radius 2 is 2.18 bits per heavy atom. The van der Waals surface area contributed by atoms with E-state index < -0.39 is 5.41 Å². The first kappa shape index (κ1) is 11.6. The Kier molecular flexibility index (Phi) is 2.65. The smallest absolute Gasteiger partial charge is 0.237 e. The molecule has 1 aliphatic heterocycles. The highest BCUT2D eigenvalue weighted by Crippen LogP contribution is 2.44. The third kappa shape index (κ3) is 1.52. The van der Waals surface area contributed by atoms with E-state index in [0.29, 0.717) is 5.75 Å². The average Bonchev–Trinajstić information content (AvgIpc) is 2.52. The number of amides is 1. The molecule has 0 saturated heterocycles. The Morgan fingerprint density at radius 3 is 2.76 bits per heavy atom. The van der Waals surface area contributed by atoms with Gasteiger partial charge in [0.15, 0.2) is 0 Å². The molecule has 1 heterocycles. The molecule has 4 nitrogen and oxygen atoms in total. The molecule has 0 bridgehead atoms. The number of likely N-dealkylation sites (N-methyl/N-ethyl adjacent to an activating group) is 1. The lowest BCUT2D eigenvalue weighted by atomic mass is 9.81. The minimum Gasteiger partial charge on any atom is -0.497 e. The first-order valence-corrected chi connectivity index (χ1v) is 5.45. The third-order valence-electron chi connectivity index (χ3n) is 3.43. The first-order valence-electron chi connectivity index (χ1n) is 5.45. The van der Waals surface area contributed by atoms with Gasteiger partial charge in [0.2, 0.25) is 5.91 Å². The Labute approximate surface area is 100 Å². The Hall–Kier alpha value is -1.84. The molecule has 1 unspecified atom stereocenters. The van der Waals surface area contributed by atoms with Crippen molar-refractivity contribution in [3.05, 3.63) is 23.8 Å². The van der Waals surface area contributed by atoms with Crippen molar-refractivity contribution in [2.75, 3.05) is 19.1 Å². The van der Waals surface area contributed by atoms with E-state index in [0.717, 1.165) is 17.5 Å². The molecule has 0 aliphatic carbocycles. The monoisotopic (exact) mass is 233 g/mol. The number of hydrogen-bond acceptors (Lipinski definition) is 3. The molecule has 2 rings (SSSR count). The van der Waals surface area contributed by atoms with Gasteiger partial charge >= 0.3 is 0 Å². The number of aldehydes is 1. The Bertz CT molecular complexity index is 484. The fourth-order valence-corrected chi connectivity index (χ4v) is 2.34. The second-order valence-electron chi connectivity index (χ2n) is 4.45. The molecule has 1 aromatic carbocycles. The SMILES string of the molecule is COc1ccc2c(c1)C(C)(CC=O)C(=O)N2C. The predicted molar refractivity (Wildman–Crippen MR) is 64.4 cm³/mol. The van der Waals surface area contributed by atoms with Gasteiger partial charge in [0.05, 0.1) is 12.5 Å². The van der Waals surface area contributed by atoms with E-state index in [1.165, 1.54) is 0 Å². The molecular weight excluding hydrogens is 218 g/mol. The maximum absolute atomic E-state index is 12.2. The second kappa shape index (κ2) is 3.87. The summed E-state index contributed by atoms with van der Waals surface area (Å²) >= 11 is 0. The summed E-state index contributed by atoms with van der Waals surface area (Å²) < 4.78 is 5.16. The number of carbonyl (C=O) groups is 2. The van der Waals surface area contributed by atoms with Crippen LogP contribution in [0.25, 0.3) is 0 Å². The van der Waals surface area contributed by atoms with Crippen LogP contribution in [0.2, 0.25) is 0 Å². The van der Waals surface area contributed by atoms with Crippen molar-refractivity contribution in [1.29, 1.82) is 0 Å². The number of benzene rings is 1. The molecule has 1 aromatic rings. The normalized spacial score (nSPS) is 22.5. The lowest BCUT2D eigenvalue weighted by Gasteiger charge is -2.20. The molecule has 0 N–H and O–H groups in total. The molecule has 0 saturated carbocycles. The zero-order chi connectivity index (χ0) is 12.6. The van der Waals surface area contributed by atoms with E-state index in [9.17, 15) is 9.59 Å². The zero-order valence-corrected chi connectivity index (χ0v) is 10.2. The summed E-state index contributed by atoms with van der Waals surface area (Å²) in [5.74, 6) is 0.650. The molecule has 1 aliphatic rings. The van der Waals surface area contributed by atoms with Gasteiger partial charge in [0.1, 0.15) is 12.0 Å². The fraction of sp³-hybridized carbons (Fsp3) is 0.385.